The Morgan fingerprint density at radius 3 is 2.72 bits per heavy atom. The minimum Gasteiger partial charge on any atom is -0.378 e. The Bertz CT molecular complexity index is 347. The molecule has 1 aliphatic carbocycles. The summed E-state index contributed by atoms with van der Waals surface area (Å²) in [6, 6.07) is 2.17. The van der Waals surface area contributed by atoms with Crippen molar-refractivity contribution in [2.24, 2.45) is 0 Å². The maximum Gasteiger partial charge on any atom is 0.168 e. The van der Waals surface area contributed by atoms with Gasteiger partial charge in [0.1, 0.15) is 0 Å². The summed E-state index contributed by atoms with van der Waals surface area (Å²) in [5, 5.41) is 4.31. The van der Waals surface area contributed by atoms with Crippen molar-refractivity contribution in [3.8, 4) is 0 Å². The highest BCUT2D eigenvalue weighted by Gasteiger charge is 2.40. The van der Waals surface area contributed by atoms with E-state index in [2.05, 4.69) is 16.8 Å². The second kappa shape index (κ2) is 5.70. The van der Waals surface area contributed by atoms with Gasteiger partial charge in [0, 0.05) is 12.8 Å². The molecule has 0 bridgehead atoms. The summed E-state index contributed by atoms with van der Waals surface area (Å²) in [6.07, 6.45) is 5.50. The Hall–Kier alpha value is -0.420. The predicted molar refractivity (Wildman–Crippen MR) is 70.9 cm³/mol. The number of hydrogen-bond acceptors (Lipinski definition) is 4. The molecule has 3 rings (SSSR count). The van der Waals surface area contributed by atoms with Crippen molar-refractivity contribution in [1.29, 1.82) is 0 Å². The summed E-state index contributed by atoms with van der Waals surface area (Å²) in [6.45, 7) is 2.34. The van der Waals surface area contributed by atoms with Crippen LogP contribution in [0.25, 0.3) is 0 Å². The van der Waals surface area contributed by atoms with Crippen LogP contribution in [0.5, 0.6) is 0 Å². The van der Waals surface area contributed by atoms with E-state index in [1.54, 1.807) is 11.3 Å². The SMILES string of the molecule is c1cc(CCOC2CCC3(CC2)OCCO3)cs1. The highest BCUT2D eigenvalue weighted by atomic mass is 32.1. The quantitative estimate of drug-likeness (QED) is 0.840. The van der Waals surface area contributed by atoms with E-state index in [1.807, 2.05) is 0 Å². The molecule has 0 unspecified atom stereocenters. The first-order valence-corrected chi connectivity index (χ1v) is 7.71. The van der Waals surface area contributed by atoms with Crippen LogP contribution < -0.4 is 0 Å². The third-order valence-electron chi connectivity index (χ3n) is 3.83. The number of thiophene rings is 1. The molecular formula is C14H20O3S. The first-order valence-electron chi connectivity index (χ1n) is 6.77. The van der Waals surface area contributed by atoms with E-state index < -0.39 is 0 Å². The maximum absolute atomic E-state index is 5.95. The number of ether oxygens (including phenoxy) is 3. The summed E-state index contributed by atoms with van der Waals surface area (Å²) in [7, 11) is 0. The van der Waals surface area contributed by atoms with E-state index in [-0.39, 0.29) is 5.79 Å². The smallest absolute Gasteiger partial charge is 0.168 e. The van der Waals surface area contributed by atoms with E-state index >= 15 is 0 Å². The maximum atomic E-state index is 5.95. The normalized spacial score (nSPS) is 23.8. The molecule has 0 atom stereocenters. The van der Waals surface area contributed by atoms with Crippen LogP contribution in [0.3, 0.4) is 0 Å². The van der Waals surface area contributed by atoms with E-state index in [0.717, 1.165) is 51.9 Å². The fraction of sp³-hybridized carbons (Fsp3) is 0.714. The highest BCUT2D eigenvalue weighted by Crippen LogP contribution is 2.36. The van der Waals surface area contributed by atoms with Gasteiger partial charge in [-0.3, -0.25) is 0 Å². The van der Waals surface area contributed by atoms with Crippen LogP contribution in [0.15, 0.2) is 16.8 Å². The lowest BCUT2D eigenvalue weighted by Gasteiger charge is -2.35. The predicted octanol–water partition coefficient (Wildman–Crippen LogP) is 2.99. The lowest BCUT2D eigenvalue weighted by molar-refractivity contribution is -0.191. The van der Waals surface area contributed by atoms with Crippen molar-refractivity contribution in [2.75, 3.05) is 19.8 Å². The van der Waals surface area contributed by atoms with Gasteiger partial charge >= 0.3 is 0 Å². The topological polar surface area (TPSA) is 27.7 Å². The first kappa shape index (κ1) is 12.6. The van der Waals surface area contributed by atoms with Crippen LogP contribution in [0, 0.1) is 0 Å². The van der Waals surface area contributed by atoms with Crippen molar-refractivity contribution < 1.29 is 14.2 Å². The second-order valence-electron chi connectivity index (χ2n) is 5.06. The Kier molecular flexibility index (Phi) is 3.99. The Morgan fingerprint density at radius 1 is 1.28 bits per heavy atom. The fourth-order valence-electron chi connectivity index (χ4n) is 2.76. The van der Waals surface area contributed by atoms with Gasteiger partial charge in [-0.25, -0.2) is 0 Å². The van der Waals surface area contributed by atoms with Gasteiger partial charge in [0.15, 0.2) is 5.79 Å². The average molecular weight is 268 g/mol. The number of rotatable bonds is 4. The zero-order valence-electron chi connectivity index (χ0n) is 10.6. The van der Waals surface area contributed by atoms with Crippen molar-refractivity contribution in [1.82, 2.24) is 0 Å². The van der Waals surface area contributed by atoms with Crippen molar-refractivity contribution in [2.45, 2.75) is 44.0 Å². The summed E-state index contributed by atoms with van der Waals surface area (Å²) < 4.78 is 17.4. The molecule has 1 aromatic heterocycles. The van der Waals surface area contributed by atoms with E-state index in [0.29, 0.717) is 6.10 Å². The highest BCUT2D eigenvalue weighted by molar-refractivity contribution is 7.07. The Morgan fingerprint density at radius 2 is 2.06 bits per heavy atom. The molecule has 1 saturated carbocycles. The van der Waals surface area contributed by atoms with E-state index in [9.17, 15) is 0 Å². The van der Waals surface area contributed by atoms with Gasteiger partial charge in [-0.05, 0) is 41.7 Å². The van der Waals surface area contributed by atoms with Gasteiger partial charge in [-0.2, -0.15) is 11.3 Å². The Labute approximate surface area is 112 Å². The largest absolute Gasteiger partial charge is 0.378 e. The van der Waals surface area contributed by atoms with E-state index in [1.165, 1.54) is 5.56 Å². The molecule has 1 aromatic rings. The monoisotopic (exact) mass is 268 g/mol. The van der Waals surface area contributed by atoms with Crippen LogP contribution in [0.4, 0.5) is 0 Å². The molecule has 4 heteroatoms. The van der Waals surface area contributed by atoms with Gasteiger partial charge in [-0.1, -0.05) is 0 Å². The van der Waals surface area contributed by atoms with Gasteiger partial charge in [-0.15, -0.1) is 0 Å². The zero-order valence-corrected chi connectivity index (χ0v) is 11.4. The van der Waals surface area contributed by atoms with Crippen molar-refractivity contribution >= 4 is 11.3 Å². The number of hydrogen-bond donors (Lipinski definition) is 0. The minimum atomic E-state index is -0.257. The molecule has 2 aliphatic rings. The molecule has 1 spiro atoms. The molecule has 0 aromatic carbocycles. The zero-order chi connectivity index (χ0) is 12.3. The fourth-order valence-corrected chi connectivity index (χ4v) is 3.46. The molecule has 1 aliphatic heterocycles. The molecule has 18 heavy (non-hydrogen) atoms. The summed E-state index contributed by atoms with van der Waals surface area (Å²) in [5.74, 6) is -0.257. The summed E-state index contributed by atoms with van der Waals surface area (Å²) in [5.41, 5.74) is 1.38. The molecule has 2 fully saturated rings. The van der Waals surface area contributed by atoms with Crippen LogP contribution >= 0.6 is 11.3 Å². The molecule has 0 N–H and O–H groups in total. The standard InChI is InChI=1S/C14H20O3S/c1-5-14(16-8-9-17-14)6-2-13(1)15-7-3-12-4-10-18-11-12/h4,10-11,13H,1-3,5-9H2. The molecule has 0 amide bonds. The van der Waals surface area contributed by atoms with E-state index in [4.69, 9.17) is 14.2 Å². The molecule has 1 saturated heterocycles. The lowest BCUT2D eigenvalue weighted by Crippen LogP contribution is -2.37. The van der Waals surface area contributed by atoms with Gasteiger partial charge in [0.2, 0.25) is 0 Å². The minimum absolute atomic E-state index is 0.257. The van der Waals surface area contributed by atoms with Gasteiger partial charge < -0.3 is 14.2 Å². The average Bonchev–Trinajstić information content (AvgIpc) is 3.04. The van der Waals surface area contributed by atoms with Crippen LogP contribution in [0.2, 0.25) is 0 Å². The molecular weight excluding hydrogens is 248 g/mol. The third kappa shape index (κ3) is 2.94. The molecule has 0 radical (unpaired) electrons. The molecule has 2 heterocycles. The van der Waals surface area contributed by atoms with Crippen LogP contribution in [-0.4, -0.2) is 31.7 Å². The third-order valence-corrected chi connectivity index (χ3v) is 4.56. The molecule has 3 nitrogen and oxygen atoms in total. The van der Waals surface area contributed by atoms with Crippen LogP contribution in [-0.2, 0) is 20.6 Å². The van der Waals surface area contributed by atoms with Crippen molar-refractivity contribution in [3.63, 3.8) is 0 Å². The first-order chi connectivity index (χ1) is 8.86. The van der Waals surface area contributed by atoms with Gasteiger partial charge in [0.25, 0.3) is 0 Å². The second-order valence-corrected chi connectivity index (χ2v) is 5.84. The van der Waals surface area contributed by atoms with Crippen molar-refractivity contribution in [3.05, 3.63) is 22.4 Å². The Balaban J connectivity index is 1.38. The van der Waals surface area contributed by atoms with Gasteiger partial charge in [0.05, 0.1) is 25.9 Å². The summed E-state index contributed by atoms with van der Waals surface area (Å²) >= 11 is 1.75. The lowest BCUT2D eigenvalue weighted by atomic mass is 9.92. The van der Waals surface area contributed by atoms with Crippen LogP contribution in [0.1, 0.15) is 31.2 Å². The molecule has 100 valence electrons. The summed E-state index contributed by atoms with van der Waals surface area (Å²) in [4.78, 5) is 0.